The zero-order valence-electron chi connectivity index (χ0n) is 9.87. The van der Waals surface area contributed by atoms with E-state index in [-0.39, 0.29) is 17.0 Å². The molecule has 86 valence electrons. The molecule has 1 heterocycles. The van der Waals surface area contributed by atoms with Gasteiger partial charge in [0.15, 0.2) is 5.78 Å². The second kappa shape index (κ2) is 3.58. The summed E-state index contributed by atoms with van der Waals surface area (Å²) in [5.74, 6) is 0.119. The van der Waals surface area contributed by atoms with Crippen LogP contribution in [-0.4, -0.2) is 11.6 Å². The zero-order chi connectivity index (χ0) is 11.9. The first-order valence-corrected chi connectivity index (χ1v) is 5.56. The fourth-order valence-electron chi connectivity index (χ4n) is 2.31. The standard InChI is InChI=1S/C13H16O3/c1-8-9(5-7-16-8)11(14)10-4-6-13(2,3)12(10)15/h5,7,10H,4,6H2,1-3H3. The Kier molecular flexibility index (Phi) is 2.49. The second-order valence-electron chi connectivity index (χ2n) is 5.09. The van der Waals surface area contributed by atoms with E-state index in [1.807, 2.05) is 13.8 Å². The van der Waals surface area contributed by atoms with Crippen molar-refractivity contribution in [1.82, 2.24) is 0 Å². The van der Waals surface area contributed by atoms with Gasteiger partial charge in [-0.15, -0.1) is 0 Å². The number of carbonyl (C=O) groups is 2. The van der Waals surface area contributed by atoms with Crippen LogP contribution in [0.1, 0.15) is 42.8 Å². The van der Waals surface area contributed by atoms with Gasteiger partial charge in [0, 0.05) is 5.41 Å². The molecule has 16 heavy (non-hydrogen) atoms. The monoisotopic (exact) mass is 220 g/mol. The van der Waals surface area contributed by atoms with E-state index in [0.29, 0.717) is 17.7 Å². The van der Waals surface area contributed by atoms with E-state index in [2.05, 4.69) is 0 Å². The third-order valence-corrected chi connectivity index (χ3v) is 3.48. The minimum atomic E-state index is -0.466. The third kappa shape index (κ3) is 1.60. The van der Waals surface area contributed by atoms with Crippen molar-refractivity contribution < 1.29 is 14.0 Å². The lowest BCUT2D eigenvalue weighted by molar-refractivity contribution is -0.126. The molecular formula is C13H16O3. The van der Waals surface area contributed by atoms with Gasteiger partial charge >= 0.3 is 0 Å². The van der Waals surface area contributed by atoms with Gasteiger partial charge in [0.25, 0.3) is 0 Å². The highest BCUT2D eigenvalue weighted by Crippen LogP contribution is 2.39. The average molecular weight is 220 g/mol. The van der Waals surface area contributed by atoms with Gasteiger partial charge in [-0.1, -0.05) is 13.8 Å². The van der Waals surface area contributed by atoms with Gasteiger partial charge in [-0.3, -0.25) is 9.59 Å². The highest BCUT2D eigenvalue weighted by Gasteiger charge is 2.44. The van der Waals surface area contributed by atoms with Crippen molar-refractivity contribution in [3.8, 4) is 0 Å². The molecule has 0 spiro atoms. The van der Waals surface area contributed by atoms with Crippen LogP contribution in [0.4, 0.5) is 0 Å². The lowest BCUT2D eigenvalue weighted by Gasteiger charge is -2.15. The number of carbonyl (C=O) groups excluding carboxylic acids is 2. The molecule has 0 radical (unpaired) electrons. The Hall–Kier alpha value is -1.38. The van der Waals surface area contributed by atoms with Crippen molar-refractivity contribution in [3.63, 3.8) is 0 Å². The van der Waals surface area contributed by atoms with E-state index < -0.39 is 5.92 Å². The van der Waals surface area contributed by atoms with Gasteiger partial charge in [-0.25, -0.2) is 0 Å². The minimum Gasteiger partial charge on any atom is -0.469 e. The Morgan fingerprint density at radius 2 is 2.19 bits per heavy atom. The number of furan rings is 1. The average Bonchev–Trinajstić information content (AvgIpc) is 2.73. The van der Waals surface area contributed by atoms with Crippen LogP contribution in [0.2, 0.25) is 0 Å². The molecule has 1 aliphatic rings. The van der Waals surface area contributed by atoms with Crippen LogP contribution in [0.25, 0.3) is 0 Å². The molecule has 0 aromatic carbocycles. The molecule has 1 aromatic rings. The maximum atomic E-state index is 12.1. The van der Waals surface area contributed by atoms with Gasteiger partial charge in [0.2, 0.25) is 0 Å². The predicted molar refractivity (Wildman–Crippen MR) is 59.3 cm³/mol. The first-order chi connectivity index (χ1) is 7.43. The lowest BCUT2D eigenvalue weighted by Crippen LogP contribution is -2.27. The predicted octanol–water partition coefficient (Wildman–Crippen LogP) is 2.78. The summed E-state index contributed by atoms with van der Waals surface area (Å²) >= 11 is 0. The summed E-state index contributed by atoms with van der Waals surface area (Å²) in [5, 5.41) is 0. The molecule has 0 amide bonds. The van der Waals surface area contributed by atoms with Gasteiger partial charge in [-0.05, 0) is 25.8 Å². The maximum Gasteiger partial charge on any atom is 0.176 e. The van der Waals surface area contributed by atoms with Gasteiger partial charge in [0.1, 0.15) is 11.5 Å². The van der Waals surface area contributed by atoms with Gasteiger partial charge in [0.05, 0.1) is 17.7 Å². The first kappa shape index (κ1) is 11.1. The molecule has 1 aliphatic carbocycles. The highest BCUT2D eigenvalue weighted by molar-refractivity contribution is 6.13. The number of hydrogen-bond donors (Lipinski definition) is 0. The fourth-order valence-corrected chi connectivity index (χ4v) is 2.31. The molecule has 3 nitrogen and oxygen atoms in total. The summed E-state index contributed by atoms with van der Waals surface area (Å²) < 4.78 is 5.10. The molecular weight excluding hydrogens is 204 g/mol. The minimum absolute atomic E-state index is 0.0677. The van der Waals surface area contributed by atoms with Crippen LogP contribution >= 0.6 is 0 Å². The molecule has 0 saturated heterocycles. The highest BCUT2D eigenvalue weighted by atomic mass is 16.3. The van der Waals surface area contributed by atoms with Gasteiger partial charge in [-0.2, -0.15) is 0 Å². The Bertz CT molecular complexity index is 440. The largest absolute Gasteiger partial charge is 0.469 e. The summed E-state index contributed by atoms with van der Waals surface area (Å²) in [6, 6.07) is 1.65. The van der Waals surface area contributed by atoms with Crippen molar-refractivity contribution in [2.75, 3.05) is 0 Å². The molecule has 1 unspecified atom stereocenters. The normalized spacial score (nSPS) is 23.7. The second-order valence-corrected chi connectivity index (χ2v) is 5.09. The number of rotatable bonds is 2. The van der Waals surface area contributed by atoms with Crippen LogP contribution in [0, 0.1) is 18.3 Å². The van der Waals surface area contributed by atoms with E-state index in [0.717, 1.165) is 6.42 Å². The summed E-state index contributed by atoms with van der Waals surface area (Å²) in [7, 11) is 0. The van der Waals surface area contributed by atoms with Crippen molar-refractivity contribution >= 4 is 11.6 Å². The fraction of sp³-hybridized carbons (Fsp3) is 0.538. The summed E-state index contributed by atoms with van der Waals surface area (Å²) in [6.07, 6.45) is 2.95. The van der Waals surface area contributed by atoms with Crippen molar-refractivity contribution in [2.45, 2.75) is 33.6 Å². The first-order valence-electron chi connectivity index (χ1n) is 5.56. The van der Waals surface area contributed by atoms with E-state index >= 15 is 0 Å². The summed E-state index contributed by atoms with van der Waals surface area (Å²) in [4.78, 5) is 24.2. The Balaban J connectivity index is 2.26. The molecule has 0 bridgehead atoms. The molecule has 1 fully saturated rings. The maximum absolute atomic E-state index is 12.1. The Morgan fingerprint density at radius 1 is 1.50 bits per heavy atom. The van der Waals surface area contributed by atoms with Gasteiger partial charge < -0.3 is 4.42 Å². The number of aryl methyl sites for hydroxylation is 1. The summed E-state index contributed by atoms with van der Waals surface area (Å²) in [5.41, 5.74) is 0.203. The molecule has 2 rings (SSSR count). The quantitative estimate of drug-likeness (QED) is 0.568. The van der Waals surface area contributed by atoms with Crippen molar-refractivity contribution in [2.24, 2.45) is 11.3 Å². The van der Waals surface area contributed by atoms with Crippen LogP contribution < -0.4 is 0 Å². The molecule has 0 aliphatic heterocycles. The van der Waals surface area contributed by atoms with Crippen LogP contribution in [0.5, 0.6) is 0 Å². The van der Waals surface area contributed by atoms with E-state index in [1.165, 1.54) is 6.26 Å². The van der Waals surface area contributed by atoms with Crippen molar-refractivity contribution in [1.29, 1.82) is 0 Å². The Labute approximate surface area is 94.8 Å². The molecule has 0 N–H and O–H groups in total. The molecule has 1 aromatic heterocycles. The Morgan fingerprint density at radius 3 is 2.62 bits per heavy atom. The zero-order valence-corrected chi connectivity index (χ0v) is 9.87. The van der Waals surface area contributed by atoms with Crippen LogP contribution in [-0.2, 0) is 4.79 Å². The van der Waals surface area contributed by atoms with E-state index in [4.69, 9.17) is 4.42 Å². The number of Topliss-reactive ketones (excluding diaryl/α,β-unsaturated/α-hetero) is 2. The lowest BCUT2D eigenvalue weighted by atomic mass is 9.87. The number of ketones is 2. The molecule has 1 atom stereocenters. The van der Waals surface area contributed by atoms with Crippen molar-refractivity contribution in [3.05, 3.63) is 23.7 Å². The summed E-state index contributed by atoms with van der Waals surface area (Å²) in [6.45, 7) is 5.56. The van der Waals surface area contributed by atoms with E-state index in [9.17, 15) is 9.59 Å². The smallest absolute Gasteiger partial charge is 0.176 e. The third-order valence-electron chi connectivity index (χ3n) is 3.48. The topological polar surface area (TPSA) is 47.3 Å². The SMILES string of the molecule is Cc1occc1C(=O)C1CCC(C)(C)C1=O. The van der Waals surface area contributed by atoms with Crippen LogP contribution in [0.15, 0.2) is 16.7 Å². The van der Waals surface area contributed by atoms with E-state index in [1.54, 1.807) is 13.0 Å². The van der Waals surface area contributed by atoms with Crippen LogP contribution in [0.3, 0.4) is 0 Å². The number of hydrogen-bond acceptors (Lipinski definition) is 3. The molecule has 3 heteroatoms. The molecule has 1 saturated carbocycles.